The summed E-state index contributed by atoms with van der Waals surface area (Å²) in [4.78, 5) is 11.3. The van der Waals surface area contributed by atoms with E-state index in [4.69, 9.17) is 11.5 Å². The largest absolute Gasteiger partial charge is 0.394 e. The van der Waals surface area contributed by atoms with E-state index < -0.39 is 5.54 Å². The molecule has 0 bridgehead atoms. The molecule has 1 unspecified atom stereocenters. The number of nitrogens with one attached hydrogen (secondary N) is 2. The van der Waals surface area contributed by atoms with E-state index in [1.165, 1.54) is 0 Å². The molecule has 0 aromatic carbocycles. The van der Waals surface area contributed by atoms with Gasteiger partial charge in [-0.3, -0.25) is 10.1 Å². The molecule has 4 nitrogen and oxygen atoms in total. The number of amides is 1. The molecule has 0 aliphatic heterocycles. The van der Waals surface area contributed by atoms with E-state index in [-0.39, 0.29) is 25.1 Å². The van der Waals surface area contributed by atoms with Crippen molar-refractivity contribution in [2.75, 3.05) is 13.2 Å². The Hall–Kier alpha value is -1.05. The third kappa shape index (κ3) is 4.85. The molecular weight excluding hydrogens is 180 g/mol. The van der Waals surface area contributed by atoms with Crippen molar-refractivity contribution < 1.29 is 9.90 Å². The van der Waals surface area contributed by atoms with Crippen LogP contribution < -0.4 is 10.6 Å². The topological polar surface area (TPSA) is 61.4 Å². The smallest absolute Gasteiger partial charge is 0.237 e. The lowest BCUT2D eigenvalue weighted by atomic mass is 10.1. The maximum Gasteiger partial charge on any atom is 0.237 e. The molecule has 0 spiro atoms. The molecule has 0 aromatic heterocycles. The van der Waals surface area contributed by atoms with Gasteiger partial charge in [-0.1, -0.05) is 5.92 Å². The highest BCUT2D eigenvalue weighted by atomic mass is 16.3. The monoisotopic (exact) mass is 198 g/mol. The molecule has 0 aliphatic carbocycles. The predicted octanol–water partition coefficient (Wildman–Crippen LogP) is -0.515. The number of carbonyl (C=O) groups excluding carboxylic acids is 1. The van der Waals surface area contributed by atoms with Crippen molar-refractivity contribution in [1.82, 2.24) is 10.6 Å². The zero-order chi connectivity index (χ0) is 11.2. The highest BCUT2D eigenvalue weighted by Gasteiger charge is 2.22. The van der Waals surface area contributed by atoms with Crippen LogP contribution in [-0.4, -0.2) is 35.7 Å². The second-order valence-electron chi connectivity index (χ2n) is 3.83. The van der Waals surface area contributed by atoms with Crippen LogP contribution >= 0.6 is 0 Å². The molecule has 3 N–H and O–H groups in total. The Balaban J connectivity index is 4.02. The molecule has 1 atom stereocenters. The van der Waals surface area contributed by atoms with Crippen LogP contribution in [0.3, 0.4) is 0 Å². The number of rotatable bonds is 5. The summed E-state index contributed by atoms with van der Waals surface area (Å²) >= 11 is 0. The number of hydrogen-bond acceptors (Lipinski definition) is 3. The third-order valence-electron chi connectivity index (χ3n) is 1.76. The standard InChI is InChI=1S/C10H18N2O2/c1-5-6-11-9(14)8(2)12-10(3,4)7-13/h1,8,12-13H,6-7H2,2-4H3,(H,11,14). The highest BCUT2D eigenvalue weighted by Crippen LogP contribution is 2.01. The number of carbonyl (C=O) groups is 1. The van der Waals surface area contributed by atoms with Crippen molar-refractivity contribution in [3.8, 4) is 12.3 Å². The predicted molar refractivity (Wildman–Crippen MR) is 55.6 cm³/mol. The first kappa shape index (κ1) is 12.9. The van der Waals surface area contributed by atoms with Gasteiger partial charge in [0.2, 0.25) is 5.91 Å². The van der Waals surface area contributed by atoms with Crippen LogP contribution in [0, 0.1) is 12.3 Å². The van der Waals surface area contributed by atoms with Gasteiger partial charge in [-0.25, -0.2) is 0 Å². The Bertz CT molecular complexity index is 231. The van der Waals surface area contributed by atoms with Gasteiger partial charge in [-0.2, -0.15) is 0 Å². The van der Waals surface area contributed by atoms with E-state index in [0.717, 1.165) is 0 Å². The first-order valence-electron chi connectivity index (χ1n) is 4.52. The van der Waals surface area contributed by atoms with Crippen molar-refractivity contribution in [1.29, 1.82) is 0 Å². The summed E-state index contributed by atoms with van der Waals surface area (Å²) < 4.78 is 0. The molecule has 80 valence electrons. The Labute approximate surface area is 85.1 Å². The molecule has 0 aromatic rings. The van der Waals surface area contributed by atoms with Gasteiger partial charge in [-0.15, -0.1) is 6.42 Å². The van der Waals surface area contributed by atoms with E-state index in [2.05, 4.69) is 16.6 Å². The Morgan fingerprint density at radius 2 is 2.21 bits per heavy atom. The Kier molecular flexibility index (Phi) is 5.21. The second kappa shape index (κ2) is 5.63. The first-order chi connectivity index (χ1) is 6.43. The van der Waals surface area contributed by atoms with Gasteiger partial charge in [0.15, 0.2) is 0 Å². The van der Waals surface area contributed by atoms with Gasteiger partial charge < -0.3 is 10.4 Å². The summed E-state index contributed by atoms with van der Waals surface area (Å²) in [5.41, 5.74) is -0.465. The number of terminal acetylenes is 1. The average Bonchev–Trinajstić information content (AvgIpc) is 2.13. The quantitative estimate of drug-likeness (QED) is 0.521. The lowest BCUT2D eigenvalue weighted by molar-refractivity contribution is -0.123. The summed E-state index contributed by atoms with van der Waals surface area (Å²) in [6.07, 6.45) is 5.01. The SMILES string of the molecule is C#CCNC(=O)C(C)NC(C)(C)CO. The molecule has 0 saturated heterocycles. The van der Waals surface area contributed by atoms with E-state index >= 15 is 0 Å². The lowest BCUT2D eigenvalue weighted by Gasteiger charge is -2.27. The fourth-order valence-corrected chi connectivity index (χ4v) is 0.989. The van der Waals surface area contributed by atoms with Crippen LogP contribution in [0.5, 0.6) is 0 Å². The zero-order valence-corrected chi connectivity index (χ0v) is 8.92. The molecule has 0 radical (unpaired) electrons. The van der Waals surface area contributed by atoms with Gasteiger partial charge in [-0.05, 0) is 20.8 Å². The van der Waals surface area contributed by atoms with Crippen LogP contribution in [0.2, 0.25) is 0 Å². The second-order valence-corrected chi connectivity index (χ2v) is 3.83. The minimum atomic E-state index is -0.465. The summed E-state index contributed by atoms with van der Waals surface area (Å²) in [6.45, 7) is 5.56. The van der Waals surface area contributed by atoms with Crippen molar-refractivity contribution >= 4 is 5.91 Å². The molecular formula is C10H18N2O2. The maximum absolute atomic E-state index is 11.3. The molecule has 0 rings (SSSR count). The summed E-state index contributed by atoms with van der Waals surface area (Å²) in [7, 11) is 0. The van der Waals surface area contributed by atoms with Crippen LogP contribution in [0.15, 0.2) is 0 Å². The van der Waals surface area contributed by atoms with Gasteiger partial charge in [0.05, 0.1) is 19.2 Å². The summed E-state index contributed by atoms with van der Waals surface area (Å²) in [5, 5.41) is 14.5. The fourth-order valence-electron chi connectivity index (χ4n) is 0.989. The van der Waals surface area contributed by atoms with Gasteiger partial charge in [0, 0.05) is 5.54 Å². The minimum Gasteiger partial charge on any atom is -0.394 e. The summed E-state index contributed by atoms with van der Waals surface area (Å²) in [6, 6.07) is -0.370. The van der Waals surface area contributed by atoms with E-state index in [1.807, 2.05) is 13.8 Å². The fraction of sp³-hybridized carbons (Fsp3) is 0.700. The molecule has 4 heteroatoms. The van der Waals surface area contributed by atoms with Gasteiger partial charge in [0.1, 0.15) is 0 Å². The Morgan fingerprint density at radius 3 is 2.64 bits per heavy atom. The van der Waals surface area contributed by atoms with Crippen molar-refractivity contribution in [2.45, 2.75) is 32.4 Å². The molecule has 0 fully saturated rings. The van der Waals surface area contributed by atoms with Gasteiger partial charge in [0.25, 0.3) is 0 Å². The molecule has 0 saturated carbocycles. The first-order valence-corrected chi connectivity index (χ1v) is 4.52. The number of aliphatic hydroxyl groups excluding tert-OH is 1. The van der Waals surface area contributed by atoms with Crippen LogP contribution in [-0.2, 0) is 4.79 Å². The molecule has 14 heavy (non-hydrogen) atoms. The normalized spacial score (nSPS) is 13.1. The highest BCUT2D eigenvalue weighted by molar-refractivity contribution is 5.81. The number of aliphatic hydroxyl groups is 1. The zero-order valence-electron chi connectivity index (χ0n) is 8.92. The molecule has 0 heterocycles. The van der Waals surface area contributed by atoms with E-state index in [9.17, 15) is 4.79 Å². The van der Waals surface area contributed by atoms with Gasteiger partial charge >= 0.3 is 0 Å². The van der Waals surface area contributed by atoms with Crippen LogP contribution in [0.25, 0.3) is 0 Å². The number of hydrogen-bond donors (Lipinski definition) is 3. The van der Waals surface area contributed by atoms with E-state index in [0.29, 0.717) is 0 Å². The van der Waals surface area contributed by atoms with Crippen molar-refractivity contribution in [3.63, 3.8) is 0 Å². The lowest BCUT2D eigenvalue weighted by Crippen LogP contribution is -2.53. The molecule has 1 amide bonds. The third-order valence-corrected chi connectivity index (χ3v) is 1.76. The van der Waals surface area contributed by atoms with Crippen LogP contribution in [0.4, 0.5) is 0 Å². The van der Waals surface area contributed by atoms with Crippen molar-refractivity contribution in [3.05, 3.63) is 0 Å². The van der Waals surface area contributed by atoms with Crippen molar-refractivity contribution in [2.24, 2.45) is 0 Å². The summed E-state index contributed by atoms with van der Waals surface area (Å²) in [5.74, 6) is 2.16. The minimum absolute atomic E-state index is 0.0280. The van der Waals surface area contributed by atoms with E-state index in [1.54, 1.807) is 6.92 Å². The average molecular weight is 198 g/mol. The Morgan fingerprint density at radius 1 is 1.64 bits per heavy atom. The molecule has 0 aliphatic rings. The maximum atomic E-state index is 11.3. The van der Waals surface area contributed by atoms with Crippen LogP contribution in [0.1, 0.15) is 20.8 Å².